The summed E-state index contributed by atoms with van der Waals surface area (Å²) < 4.78 is 0. The molecule has 0 bridgehead atoms. The summed E-state index contributed by atoms with van der Waals surface area (Å²) in [5.41, 5.74) is 0. The van der Waals surface area contributed by atoms with Crippen LogP contribution in [0.4, 0.5) is 4.79 Å². The minimum Gasteiger partial charge on any atom is -0.356 e. The van der Waals surface area contributed by atoms with Crippen LogP contribution >= 0.6 is 0 Å². The molecule has 1 atom stereocenters. The molecule has 182 valence electrons. The predicted octanol–water partition coefficient (Wildman–Crippen LogP) is 3.42. The van der Waals surface area contributed by atoms with Gasteiger partial charge in [-0.1, -0.05) is 57.6 Å². The SMILES string of the molecule is CCCCCC/C=C\CCCCCCCC(=O)NCCC(=O)N[C@@H]1CNC(=O)N(C)C1=O. The van der Waals surface area contributed by atoms with Crippen molar-refractivity contribution in [2.45, 2.75) is 96.4 Å². The van der Waals surface area contributed by atoms with Gasteiger partial charge >= 0.3 is 6.03 Å². The summed E-state index contributed by atoms with van der Waals surface area (Å²) in [5.74, 6) is -0.822. The number of nitrogens with zero attached hydrogens (tertiary/aromatic N) is 1. The fraction of sp³-hybridized carbons (Fsp3) is 0.750. The Balaban J connectivity index is 1.95. The van der Waals surface area contributed by atoms with Gasteiger partial charge in [0.05, 0.1) is 0 Å². The normalized spacial score (nSPS) is 16.3. The molecule has 8 heteroatoms. The number of carbonyl (C=O) groups is 4. The van der Waals surface area contributed by atoms with Gasteiger partial charge in [0.25, 0.3) is 5.91 Å². The number of rotatable bonds is 17. The molecule has 0 aromatic rings. The Kier molecular flexibility index (Phi) is 14.9. The molecule has 1 rings (SSSR count). The van der Waals surface area contributed by atoms with E-state index in [-0.39, 0.29) is 31.3 Å². The first-order valence-corrected chi connectivity index (χ1v) is 12.2. The molecule has 0 aromatic carbocycles. The third-order valence-electron chi connectivity index (χ3n) is 5.57. The zero-order chi connectivity index (χ0) is 23.6. The Labute approximate surface area is 192 Å². The molecular formula is C24H42N4O4. The lowest BCUT2D eigenvalue weighted by Gasteiger charge is -2.29. The maximum absolute atomic E-state index is 12.0. The highest BCUT2D eigenvalue weighted by atomic mass is 16.2. The number of hydrogen-bond donors (Lipinski definition) is 3. The van der Waals surface area contributed by atoms with Gasteiger partial charge in [-0.3, -0.25) is 19.3 Å². The van der Waals surface area contributed by atoms with Crippen LogP contribution in [0.1, 0.15) is 90.4 Å². The molecule has 1 heterocycles. The minimum absolute atomic E-state index is 0.0513. The van der Waals surface area contributed by atoms with E-state index >= 15 is 0 Å². The molecule has 0 aliphatic carbocycles. The number of likely N-dealkylation sites (N-methyl/N-ethyl adjacent to an activating group) is 1. The van der Waals surface area contributed by atoms with Crippen LogP contribution in [0.5, 0.6) is 0 Å². The van der Waals surface area contributed by atoms with E-state index in [1.807, 2.05) is 0 Å². The third kappa shape index (κ3) is 12.5. The number of hydrogen-bond acceptors (Lipinski definition) is 4. The van der Waals surface area contributed by atoms with Gasteiger partial charge in [0.15, 0.2) is 0 Å². The van der Waals surface area contributed by atoms with Crippen molar-refractivity contribution in [2.24, 2.45) is 0 Å². The van der Waals surface area contributed by atoms with Crippen molar-refractivity contribution in [1.82, 2.24) is 20.9 Å². The summed E-state index contributed by atoms with van der Waals surface area (Å²) in [6, 6.07) is -1.24. The quantitative estimate of drug-likeness (QED) is 0.233. The van der Waals surface area contributed by atoms with Crippen molar-refractivity contribution in [3.63, 3.8) is 0 Å². The van der Waals surface area contributed by atoms with E-state index < -0.39 is 18.0 Å². The van der Waals surface area contributed by atoms with Crippen molar-refractivity contribution >= 4 is 23.8 Å². The Morgan fingerprint density at radius 1 is 0.938 bits per heavy atom. The largest absolute Gasteiger partial charge is 0.356 e. The average molecular weight is 451 g/mol. The Morgan fingerprint density at radius 2 is 1.56 bits per heavy atom. The molecule has 1 aliphatic rings. The van der Waals surface area contributed by atoms with E-state index in [4.69, 9.17) is 0 Å². The molecule has 0 spiro atoms. The maximum atomic E-state index is 12.0. The fourth-order valence-corrected chi connectivity index (χ4v) is 3.51. The molecule has 1 saturated heterocycles. The Morgan fingerprint density at radius 3 is 2.25 bits per heavy atom. The molecular weight excluding hydrogens is 408 g/mol. The first-order chi connectivity index (χ1) is 15.5. The second kappa shape index (κ2) is 17.2. The summed E-state index contributed by atoms with van der Waals surface area (Å²) in [4.78, 5) is 48.1. The second-order valence-corrected chi connectivity index (χ2v) is 8.43. The van der Waals surface area contributed by atoms with Crippen LogP contribution in [-0.2, 0) is 14.4 Å². The predicted molar refractivity (Wildman–Crippen MR) is 126 cm³/mol. The van der Waals surface area contributed by atoms with Crippen LogP contribution in [0.3, 0.4) is 0 Å². The van der Waals surface area contributed by atoms with E-state index in [0.29, 0.717) is 6.42 Å². The number of nitrogens with one attached hydrogen (secondary N) is 3. The van der Waals surface area contributed by atoms with E-state index in [1.54, 1.807) is 0 Å². The lowest BCUT2D eigenvalue weighted by atomic mass is 10.1. The molecule has 32 heavy (non-hydrogen) atoms. The minimum atomic E-state index is -0.762. The lowest BCUT2D eigenvalue weighted by molar-refractivity contribution is -0.134. The molecule has 1 fully saturated rings. The third-order valence-corrected chi connectivity index (χ3v) is 5.57. The van der Waals surface area contributed by atoms with E-state index in [1.165, 1.54) is 52.0 Å². The summed E-state index contributed by atoms with van der Waals surface area (Å²) in [6.45, 7) is 2.55. The summed E-state index contributed by atoms with van der Waals surface area (Å²) in [5, 5.41) is 7.86. The molecule has 8 nitrogen and oxygen atoms in total. The molecule has 0 unspecified atom stereocenters. The van der Waals surface area contributed by atoms with Crippen molar-refractivity contribution < 1.29 is 19.2 Å². The fourth-order valence-electron chi connectivity index (χ4n) is 3.51. The average Bonchev–Trinajstić information content (AvgIpc) is 2.77. The standard InChI is InChI=1S/C24H42N4O4/c1-3-4-5-6-7-8-9-10-11-12-13-14-15-16-21(29)25-18-17-22(30)27-20-19-26-24(32)28(2)23(20)31/h8-9,20H,3-7,10-19H2,1-2H3,(H,25,29)(H,26,32)(H,27,30)/b9-8-/t20-/m1/s1. The first kappa shape index (κ1) is 27.7. The van der Waals surface area contributed by atoms with Crippen molar-refractivity contribution in [1.29, 1.82) is 0 Å². The van der Waals surface area contributed by atoms with Crippen LogP contribution in [-0.4, -0.2) is 54.8 Å². The number of imide groups is 1. The van der Waals surface area contributed by atoms with Crippen molar-refractivity contribution in [3.8, 4) is 0 Å². The van der Waals surface area contributed by atoms with Gasteiger partial charge in [-0.05, 0) is 32.1 Å². The number of allylic oxidation sites excluding steroid dienone is 2. The number of carbonyl (C=O) groups excluding carboxylic acids is 4. The van der Waals surface area contributed by atoms with Gasteiger partial charge in [0.1, 0.15) is 6.04 Å². The van der Waals surface area contributed by atoms with Crippen molar-refractivity contribution in [3.05, 3.63) is 12.2 Å². The molecule has 0 aromatic heterocycles. The summed E-state index contributed by atoms with van der Waals surface area (Å²) in [7, 11) is 1.36. The highest BCUT2D eigenvalue weighted by Gasteiger charge is 2.32. The molecule has 0 radical (unpaired) electrons. The zero-order valence-corrected chi connectivity index (χ0v) is 19.9. The lowest BCUT2D eigenvalue weighted by Crippen LogP contribution is -2.61. The van der Waals surface area contributed by atoms with Gasteiger partial charge in [-0.25, -0.2) is 4.79 Å². The maximum Gasteiger partial charge on any atom is 0.323 e. The second-order valence-electron chi connectivity index (χ2n) is 8.43. The highest BCUT2D eigenvalue weighted by Crippen LogP contribution is 2.09. The Hall–Kier alpha value is -2.38. The van der Waals surface area contributed by atoms with Crippen LogP contribution in [0.15, 0.2) is 12.2 Å². The van der Waals surface area contributed by atoms with E-state index in [9.17, 15) is 19.2 Å². The number of amides is 5. The topological polar surface area (TPSA) is 108 Å². The van der Waals surface area contributed by atoms with Crippen LogP contribution in [0.25, 0.3) is 0 Å². The summed E-state index contributed by atoms with van der Waals surface area (Å²) in [6.07, 6.45) is 18.2. The monoisotopic (exact) mass is 450 g/mol. The molecule has 1 aliphatic heterocycles. The molecule has 5 amide bonds. The number of unbranched alkanes of at least 4 members (excludes halogenated alkanes) is 9. The Bertz CT molecular complexity index is 621. The van der Waals surface area contributed by atoms with E-state index in [2.05, 4.69) is 35.0 Å². The van der Waals surface area contributed by atoms with Gasteiger partial charge in [-0.15, -0.1) is 0 Å². The van der Waals surface area contributed by atoms with Crippen LogP contribution in [0, 0.1) is 0 Å². The zero-order valence-electron chi connectivity index (χ0n) is 19.9. The van der Waals surface area contributed by atoms with Crippen LogP contribution < -0.4 is 16.0 Å². The highest BCUT2D eigenvalue weighted by molar-refractivity contribution is 6.01. The van der Waals surface area contributed by atoms with Gasteiger partial charge in [0.2, 0.25) is 11.8 Å². The van der Waals surface area contributed by atoms with Gasteiger partial charge in [-0.2, -0.15) is 0 Å². The van der Waals surface area contributed by atoms with Crippen LogP contribution in [0.2, 0.25) is 0 Å². The van der Waals surface area contributed by atoms with Crippen molar-refractivity contribution in [2.75, 3.05) is 20.1 Å². The molecule has 3 N–H and O–H groups in total. The molecule has 0 saturated carbocycles. The van der Waals surface area contributed by atoms with E-state index in [0.717, 1.165) is 30.6 Å². The van der Waals surface area contributed by atoms with Gasteiger partial charge < -0.3 is 16.0 Å². The summed E-state index contributed by atoms with van der Waals surface area (Å²) >= 11 is 0. The van der Waals surface area contributed by atoms with Gasteiger partial charge in [0, 0.05) is 33.0 Å². The first-order valence-electron chi connectivity index (χ1n) is 12.2. The number of urea groups is 1. The smallest absolute Gasteiger partial charge is 0.323 e.